The number of hydrogen-bond donors (Lipinski definition) is 1. The molecule has 0 fully saturated rings. The topological polar surface area (TPSA) is 12.0 Å². The zero-order chi connectivity index (χ0) is 11.3. The molecule has 0 radical (unpaired) electrons. The van der Waals surface area contributed by atoms with Gasteiger partial charge in [-0.05, 0) is 38.0 Å². The van der Waals surface area contributed by atoms with Gasteiger partial charge >= 0.3 is 0 Å². The molecule has 3 heteroatoms. The molecule has 1 N–H and O–H groups in total. The summed E-state index contributed by atoms with van der Waals surface area (Å²) in [5.41, 5.74) is 0.890. The minimum Gasteiger partial charge on any atom is -0.381 e. The van der Waals surface area contributed by atoms with Crippen LogP contribution in [0.15, 0.2) is 30.9 Å². The van der Waals surface area contributed by atoms with Gasteiger partial charge in [0.1, 0.15) is 0 Å². The molecular formula is C12H15Cl2N. The standard InChI is InChI=1S/C12H15Cl2N/c1-3-4-5-9(2)15-12-8-10(13)6-7-11(12)14/h3,6-9,15H,1,4-5H2,2H3. The van der Waals surface area contributed by atoms with Crippen LogP contribution in [0.1, 0.15) is 19.8 Å². The molecule has 1 aromatic carbocycles. The number of nitrogens with one attached hydrogen (secondary N) is 1. The second-order valence-electron chi connectivity index (χ2n) is 3.54. The first-order valence-corrected chi connectivity index (χ1v) is 5.71. The van der Waals surface area contributed by atoms with Crippen molar-refractivity contribution >= 4 is 28.9 Å². The summed E-state index contributed by atoms with van der Waals surface area (Å²) in [6, 6.07) is 5.78. The molecule has 1 rings (SSSR count). The fourth-order valence-electron chi connectivity index (χ4n) is 1.31. The van der Waals surface area contributed by atoms with Crippen LogP contribution >= 0.6 is 23.2 Å². The van der Waals surface area contributed by atoms with Crippen LogP contribution in [0.25, 0.3) is 0 Å². The molecule has 0 saturated heterocycles. The Morgan fingerprint density at radius 1 is 1.47 bits per heavy atom. The summed E-state index contributed by atoms with van der Waals surface area (Å²) in [5, 5.41) is 4.71. The van der Waals surface area contributed by atoms with E-state index in [0.717, 1.165) is 18.5 Å². The van der Waals surface area contributed by atoms with E-state index in [-0.39, 0.29) is 0 Å². The van der Waals surface area contributed by atoms with Gasteiger partial charge in [0.25, 0.3) is 0 Å². The van der Waals surface area contributed by atoms with E-state index in [1.807, 2.05) is 12.1 Å². The van der Waals surface area contributed by atoms with Gasteiger partial charge in [0.2, 0.25) is 0 Å². The van der Waals surface area contributed by atoms with Crippen molar-refractivity contribution in [2.24, 2.45) is 0 Å². The van der Waals surface area contributed by atoms with Gasteiger partial charge in [0.05, 0.1) is 10.7 Å². The van der Waals surface area contributed by atoms with E-state index in [2.05, 4.69) is 18.8 Å². The predicted octanol–water partition coefficient (Wildman–Crippen LogP) is 4.76. The van der Waals surface area contributed by atoms with Crippen LogP contribution < -0.4 is 5.32 Å². The van der Waals surface area contributed by atoms with Crippen molar-refractivity contribution < 1.29 is 0 Å². The minimum atomic E-state index is 0.360. The minimum absolute atomic E-state index is 0.360. The van der Waals surface area contributed by atoms with Crippen LogP contribution in [0.2, 0.25) is 10.0 Å². The van der Waals surface area contributed by atoms with Crippen molar-refractivity contribution in [3.8, 4) is 0 Å². The fraction of sp³-hybridized carbons (Fsp3) is 0.333. The zero-order valence-corrected chi connectivity index (χ0v) is 10.3. The Labute approximate surface area is 101 Å². The van der Waals surface area contributed by atoms with E-state index in [1.165, 1.54) is 0 Å². The highest BCUT2D eigenvalue weighted by atomic mass is 35.5. The van der Waals surface area contributed by atoms with Crippen molar-refractivity contribution in [3.63, 3.8) is 0 Å². The third kappa shape index (κ3) is 4.15. The molecule has 0 aliphatic heterocycles. The molecule has 82 valence electrons. The average molecular weight is 244 g/mol. The molecule has 1 aromatic rings. The highest BCUT2D eigenvalue weighted by Gasteiger charge is 2.05. The summed E-state index contributed by atoms with van der Waals surface area (Å²) in [6.45, 7) is 5.81. The lowest BCUT2D eigenvalue weighted by Gasteiger charge is -2.15. The first-order valence-electron chi connectivity index (χ1n) is 4.96. The molecule has 0 aliphatic rings. The predicted molar refractivity (Wildman–Crippen MR) is 69.0 cm³/mol. The van der Waals surface area contributed by atoms with E-state index in [0.29, 0.717) is 16.1 Å². The van der Waals surface area contributed by atoms with Gasteiger partial charge in [0, 0.05) is 11.1 Å². The van der Waals surface area contributed by atoms with Crippen molar-refractivity contribution in [1.82, 2.24) is 0 Å². The molecule has 0 amide bonds. The molecule has 0 bridgehead atoms. The monoisotopic (exact) mass is 243 g/mol. The summed E-state index contributed by atoms with van der Waals surface area (Å²) < 4.78 is 0. The summed E-state index contributed by atoms with van der Waals surface area (Å²) in [4.78, 5) is 0. The molecule has 1 nitrogen and oxygen atoms in total. The lowest BCUT2D eigenvalue weighted by atomic mass is 10.1. The van der Waals surface area contributed by atoms with E-state index in [4.69, 9.17) is 23.2 Å². The van der Waals surface area contributed by atoms with Crippen molar-refractivity contribution in [1.29, 1.82) is 0 Å². The third-order valence-corrected chi connectivity index (χ3v) is 2.70. The molecule has 15 heavy (non-hydrogen) atoms. The molecule has 0 saturated carbocycles. The van der Waals surface area contributed by atoms with Crippen LogP contribution in [0, 0.1) is 0 Å². The highest BCUT2D eigenvalue weighted by Crippen LogP contribution is 2.26. The SMILES string of the molecule is C=CCCC(C)Nc1cc(Cl)ccc1Cl. The van der Waals surface area contributed by atoms with E-state index >= 15 is 0 Å². The first-order chi connectivity index (χ1) is 7.13. The van der Waals surface area contributed by atoms with Gasteiger partial charge in [-0.2, -0.15) is 0 Å². The van der Waals surface area contributed by atoms with Gasteiger partial charge in [-0.15, -0.1) is 6.58 Å². The summed E-state index contributed by atoms with van der Waals surface area (Å²) >= 11 is 11.9. The Morgan fingerprint density at radius 2 is 2.20 bits per heavy atom. The number of allylic oxidation sites excluding steroid dienone is 1. The van der Waals surface area contributed by atoms with Crippen LogP contribution in [-0.2, 0) is 0 Å². The van der Waals surface area contributed by atoms with Crippen molar-refractivity contribution in [2.75, 3.05) is 5.32 Å². The summed E-state index contributed by atoms with van der Waals surface area (Å²) in [6.07, 6.45) is 3.94. The smallest absolute Gasteiger partial charge is 0.0638 e. The third-order valence-electron chi connectivity index (χ3n) is 2.13. The van der Waals surface area contributed by atoms with Crippen LogP contribution in [0.3, 0.4) is 0 Å². The average Bonchev–Trinajstić information content (AvgIpc) is 2.20. The molecular weight excluding hydrogens is 229 g/mol. The lowest BCUT2D eigenvalue weighted by Crippen LogP contribution is -2.14. The quantitative estimate of drug-likeness (QED) is 0.736. The molecule has 0 spiro atoms. The summed E-state index contributed by atoms with van der Waals surface area (Å²) in [5.74, 6) is 0. The maximum Gasteiger partial charge on any atom is 0.0638 e. The van der Waals surface area contributed by atoms with Crippen LogP contribution in [0.5, 0.6) is 0 Å². The highest BCUT2D eigenvalue weighted by molar-refractivity contribution is 6.35. The molecule has 0 heterocycles. The van der Waals surface area contributed by atoms with Gasteiger partial charge in [-0.25, -0.2) is 0 Å². The Kier molecular flexibility index (Phi) is 5.00. The van der Waals surface area contributed by atoms with Gasteiger partial charge in [-0.1, -0.05) is 29.3 Å². The van der Waals surface area contributed by atoms with E-state index in [9.17, 15) is 0 Å². The Hall–Kier alpha value is -0.660. The number of halogens is 2. The fourth-order valence-corrected chi connectivity index (χ4v) is 1.66. The number of hydrogen-bond acceptors (Lipinski definition) is 1. The first kappa shape index (κ1) is 12.4. The number of rotatable bonds is 5. The maximum absolute atomic E-state index is 6.03. The maximum atomic E-state index is 6.03. The van der Waals surface area contributed by atoms with Crippen molar-refractivity contribution in [2.45, 2.75) is 25.8 Å². The largest absolute Gasteiger partial charge is 0.381 e. The summed E-state index contributed by atoms with van der Waals surface area (Å²) in [7, 11) is 0. The number of anilines is 1. The van der Waals surface area contributed by atoms with Gasteiger partial charge in [0.15, 0.2) is 0 Å². The van der Waals surface area contributed by atoms with E-state index < -0.39 is 0 Å². The second-order valence-corrected chi connectivity index (χ2v) is 4.38. The normalized spacial score (nSPS) is 12.2. The molecule has 1 atom stereocenters. The Balaban J connectivity index is 2.62. The van der Waals surface area contributed by atoms with Crippen LogP contribution in [-0.4, -0.2) is 6.04 Å². The molecule has 0 aliphatic carbocycles. The zero-order valence-electron chi connectivity index (χ0n) is 8.76. The Morgan fingerprint density at radius 3 is 2.87 bits per heavy atom. The second kappa shape index (κ2) is 6.04. The van der Waals surface area contributed by atoms with Gasteiger partial charge < -0.3 is 5.32 Å². The lowest BCUT2D eigenvalue weighted by molar-refractivity contribution is 0.719. The van der Waals surface area contributed by atoms with E-state index in [1.54, 1.807) is 12.1 Å². The van der Waals surface area contributed by atoms with Gasteiger partial charge in [-0.3, -0.25) is 0 Å². The molecule has 0 aromatic heterocycles. The molecule has 1 unspecified atom stereocenters. The number of benzene rings is 1. The Bertz CT molecular complexity index is 336. The van der Waals surface area contributed by atoms with Crippen molar-refractivity contribution in [3.05, 3.63) is 40.9 Å². The van der Waals surface area contributed by atoms with Crippen LogP contribution in [0.4, 0.5) is 5.69 Å².